The summed E-state index contributed by atoms with van der Waals surface area (Å²) in [6.07, 6.45) is 8.33. The van der Waals surface area contributed by atoms with E-state index in [1.807, 2.05) is 26.0 Å². The summed E-state index contributed by atoms with van der Waals surface area (Å²) in [6, 6.07) is 0. The predicted octanol–water partition coefficient (Wildman–Crippen LogP) is 2.76. The molecule has 0 saturated carbocycles. The Morgan fingerprint density at radius 3 is 2.06 bits per heavy atom. The molecule has 0 unspecified atom stereocenters. The molecule has 0 aliphatic heterocycles. The van der Waals surface area contributed by atoms with Crippen molar-refractivity contribution in [3.8, 4) is 0 Å². The molecular formula is C14H30N2O. The molecule has 0 aromatic rings. The predicted molar refractivity (Wildman–Crippen MR) is 74.2 cm³/mol. The van der Waals surface area contributed by atoms with Crippen LogP contribution in [0.15, 0.2) is 0 Å². The van der Waals surface area contributed by atoms with E-state index >= 15 is 0 Å². The normalized spacial score (nSPS) is 10.9. The van der Waals surface area contributed by atoms with Gasteiger partial charge in [-0.2, -0.15) is 0 Å². The molecular weight excluding hydrogens is 212 g/mol. The number of carbonyl (C=O) groups is 1. The lowest BCUT2D eigenvalue weighted by Gasteiger charge is -2.18. The number of carbonyl (C=O) groups excluding carboxylic acids is 1. The van der Waals surface area contributed by atoms with Gasteiger partial charge in [0.15, 0.2) is 0 Å². The Morgan fingerprint density at radius 2 is 1.47 bits per heavy atom. The van der Waals surface area contributed by atoms with Crippen molar-refractivity contribution >= 4 is 5.91 Å². The molecule has 0 atom stereocenters. The van der Waals surface area contributed by atoms with E-state index in [2.05, 4.69) is 11.8 Å². The fraction of sp³-hybridized carbons (Fsp3) is 0.929. The van der Waals surface area contributed by atoms with E-state index in [1.165, 1.54) is 32.1 Å². The second-order valence-corrected chi connectivity index (χ2v) is 5.14. The highest BCUT2D eigenvalue weighted by molar-refractivity contribution is 5.75. The third kappa shape index (κ3) is 10.3. The summed E-state index contributed by atoms with van der Waals surface area (Å²) in [5.41, 5.74) is 0. The summed E-state index contributed by atoms with van der Waals surface area (Å²) in [6.45, 7) is 4.00. The first-order valence-electron chi connectivity index (χ1n) is 6.96. The molecule has 0 radical (unpaired) electrons. The largest absolute Gasteiger partial charge is 0.346 e. The number of hydrogen-bond acceptors (Lipinski definition) is 2. The monoisotopic (exact) mass is 242 g/mol. The van der Waals surface area contributed by atoms with E-state index in [0.29, 0.717) is 6.42 Å². The summed E-state index contributed by atoms with van der Waals surface area (Å²) in [7, 11) is 5.92. The topological polar surface area (TPSA) is 23.6 Å². The van der Waals surface area contributed by atoms with Gasteiger partial charge in [0.25, 0.3) is 0 Å². The Balaban J connectivity index is 3.44. The average Bonchev–Trinajstić information content (AvgIpc) is 2.30. The minimum Gasteiger partial charge on any atom is -0.346 e. The second-order valence-electron chi connectivity index (χ2n) is 5.14. The number of unbranched alkanes of at least 4 members (excludes halogenated alkanes) is 5. The first-order chi connectivity index (χ1) is 8.07. The van der Waals surface area contributed by atoms with Crippen molar-refractivity contribution in [3.63, 3.8) is 0 Å². The Hall–Kier alpha value is -0.570. The smallest absolute Gasteiger partial charge is 0.223 e. The van der Waals surface area contributed by atoms with Crippen molar-refractivity contribution in [2.45, 2.75) is 51.9 Å². The molecule has 102 valence electrons. The summed E-state index contributed by atoms with van der Waals surface area (Å²) in [5, 5.41) is 0. The van der Waals surface area contributed by atoms with Crippen LogP contribution < -0.4 is 0 Å². The summed E-state index contributed by atoms with van der Waals surface area (Å²) in [5.74, 6) is 0.271. The summed E-state index contributed by atoms with van der Waals surface area (Å²) >= 11 is 0. The van der Waals surface area contributed by atoms with Crippen molar-refractivity contribution in [2.24, 2.45) is 0 Å². The number of nitrogens with zero attached hydrogens (tertiary/aromatic N) is 2. The molecule has 3 heteroatoms. The first kappa shape index (κ1) is 16.4. The quantitative estimate of drug-likeness (QED) is 0.550. The van der Waals surface area contributed by atoms with Crippen molar-refractivity contribution < 1.29 is 4.79 Å². The van der Waals surface area contributed by atoms with Gasteiger partial charge in [0, 0.05) is 26.6 Å². The molecule has 0 aliphatic carbocycles. The lowest BCUT2D eigenvalue weighted by molar-refractivity contribution is -0.130. The van der Waals surface area contributed by atoms with Gasteiger partial charge in [-0.3, -0.25) is 4.79 Å². The summed E-state index contributed by atoms with van der Waals surface area (Å²) in [4.78, 5) is 15.6. The third-order valence-electron chi connectivity index (χ3n) is 3.05. The molecule has 0 aromatic carbocycles. The summed E-state index contributed by atoms with van der Waals surface area (Å²) < 4.78 is 0. The first-order valence-corrected chi connectivity index (χ1v) is 6.96. The van der Waals surface area contributed by atoms with Gasteiger partial charge < -0.3 is 9.80 Å². The zero-order valence-electron chi connectivity index (χ0n) is 12.2. The molecule has 0 N–H and O–H groups in total. The van der Waals surface area contributed by atoms with Gasteiger partial charge in [0.1, 0.15) is 0 Å². The van der Waals surface area contributed by atoms with Crippen molar-refractivity contribution in [3.05, 3.63) is 0 Å². The van der Waals surface area contributed by atoms with Crippen LogP contribution in [-0.2, 0) is 4.79 Å². The Kier molecular flexibility index (Phi) is 10.2. The average molecular weight is 242 g/mol. The third-order valence-corrected chi connectivity index (χ3v) is 3.05. The Bertz CT molecular complexity index is 193. The maximum atomic E-state index is 11.7. The van der Waals surface area contributed by atoms with Crippen LogP contribution in [0, 0.1) is 0 Å². The fourth-order valence-electron chi connectivity index (χ4n) is 1.76. The highest BCUT2D eigenvalue weighted by Gasteiger charge is 2.07. The standard InChI is InChI=1S/C14H30N2O/c1-5-6-7-8-9-10-12-16(4)14(17)11-13-15(2)3/h5-13H2,1-4H3. The van der Waals surface area contributed by atoms with Crippen LogP contribution in [0.3, 0.4) is 0 Å². The van der Waals surface area contributed by atoms with Crippen LogP contribution in [-0.4, -0.2) is 49.9 Å². The van der Waals surface area contributed by atoms with Gasteiger partial charge in [-0.15, -0.1) is 0 Å². The molecule has 3 nitrogen and oxygen atoms in total. The van der Waals surface area contributed by atoms with Crippen LogP contribution >= 0.6 is 0 Å². The van der Waals surface area contributed by atoms with Gasteiger partial charge in [-0.25, -0.2) is 0 Å². The molecule has 0 heterocycles. The zero-order valence-corrected chi connectivity index (χ0v) is 12.2. The van der Waals surface area contributed by atoms with E-state index < -0.39 is 0 Å². The molecule has 0 aromatic heterocycles. The fourth-order valence-corrected chi connectivity index (χ4v) is 1.76. The van der Waals surface area contributed by atoms with Gasteiger partial charge in [0.05, 0.1) is 0 Å². The molecule has 0 bridgehead atoms. The van der Waals surface area contributed by atoms with Gasteiger partial charge in [0.2, 0.25) is 5.91 Å². The molecule has 0 spiro atoms. The van der Waals surface area contributed by atoms with E-state index in [1.54, 1.807) is 0 Å². The molecule has 0 saturated heterocycles. The minimum atomic E-state index is 0.271. The molecule has 0 aliphatic rings. The lowest BCUT2D eigenvalue weighted by Crippen LogP contribution is -2.30. The van der Waals surface area contributed by atoms with E-state index in [0.717, 1.165) is 19.5 Å². The van der Waals surface area contributed by atoms with Crippen LogP contribution in [0.5, 0.6) is 0 Å². The molecule has 0 rings (SSSR count). The molecule has 17 heavy (non-hydrogen) atoms. The number of hydrogen-bond donors (Lipinski definition) is 0. The van der Waals surface area contributed by atoms with Crippen molar-refractivity contribution in [1.29, 1.82) is 0 Å². The second kappa shape index (κ2) is 10.6. The van der Waals surface area contributed by atoms with Crippen LogP contribution in [0.4, 0.5) is 0 Å². The van der Waals surface area contributed by atoms with Crippen LogP contribution in [0.2, 0.25) is 0 Å². The van der Waals surface area contributed by atoms with Crippen LogP contribution in [0.25, 0.3) is 0 Å². The van der Waals surface area contributed by atoms with E-state index in [-0.39, 0.29) is 5.91 Å². The Labute approximate surface area is 107 Å². The highest BCUT2D eigenvalue weighted by Crippen LogP contribution is 2.05. The van der Waals surface area contributed by atoms with Gasteiger partial charge >= 0.3 is 0 Å². The lowest BCUT2D eigenvalue weighted by atomic mass is 10.1. The maximum Gasteiger partial charge on any atom is 0.223 e. The van der Waals surface area contributed by atoms with Crippen molar-refractivity contribution in [2.75, 3.05) is 34.2 Å². The zero-order chi connectivity index (χ0) is 13.1. The van der Waals surface area contributed by atoms with E-state index in [4.69, 9.17) is 0 Å². The number of amides is 1. The van der Waals surface area contributed by atoms with Crippen LogP contribution in [0.1, 0.15) is 51.9 Å². The molecule has 1 amide bonds. The molecule has 0 fully saturated rings. The van der Waals surface area contributed by atoms with Gasteiger partial charge in [-0.05, 0) is 20.5 Å². The number of rotatable bonds is 10. The van der Waals surface area contributed by atoms with Crippen molar-refractivity contribution in [1.82, 2.24) is 9.80 Å². The van der Waals surface area contributed by atoms with E-state index in [9.17, 15) is 4.79 Å². The SMILES string of the molecule is CCCCCCCCN(C)C(=O)CCN(C)C. The minimum absolute atomic E-state index is 0.271. The maximum absolute atomic E-state index is 11.7. The van der Waals surface area contributed by atoms with Gasteiger partial charge in [-0.1, -0.05) is 39.0 Å². The Morgan fingerprint density at radius 1 is 0.882 bits per heavy atom. The highest BCUT2D eigenvalue weighted by atomic mass is 16.2.